The third kappa shape index (κ3) is 4.56. The van der Waals surface area contributed by atoms with Crippen molar-refractivity contribution < 1.29 is 23.5 Å². The molecule has 2 aromatic heterocycles. The Morgan fingerprint density at radius 2 is 1.81 bits per heavy atom. The van der Waals surface area contributed by atoms with Gasteiger partial charge in [0.1, 0.15) is 12.2 Å². The first-order chi connectivity index (χ1) is 15.6. The number of esters is 1. The highest BCUT2D eigenvalue weighted by Crippen LogP contribution is 2.30. The molecule has 2 aromatic carbocycles. The fraction of sp³-hybridized carbons (Fsp3) is 0.208. The lowest BCUT2D eigenvalue weighted by atomic mass is 10.1. The Balaban J connectivity index is 1.51. The topological polar surface area (TPSA) is 81.9 Å². The van der Waals surface area contributed by atoms with E-state index in [1.54, 1.807) is 11.4 Å². The van der Waals surface area contributed by atoms with Gasteiger partial charge < -0.3 is 13.9 Å². The van der Waals surface area contributed by atoms with Gasteiger partial charge in [0.2, 0.25) is 11.7 Å². The van der Waals surface area contributed by atoms with Crippen molar-refractivity contribution in [1.82, 2.24) is 4.98 Å². The van der Waals surface area contributed by atoms with Gasteiger partial charge in [-0.2, -0.15) is 0 Å². The molecule has 7 nitrogen and oxygen atoms in total. The molecular formula is C24H22N2O5S. The number of anilines is 2. The molecule has 0 unspecified atom stereocenters. The molecule has 2 heterocycles. The summed E-state index contributed by atoms with van der Waals surface area (Å²) in [5.41, 5.74) is 2.53. The molecule has 0 aliphatic heterocycles. The Morgan fingerprint density at radius 3 is 2.56 bits per heavy atom. The number of benzene rings is 2. The van der Waals surface area contributed by atoms with Crippen LogP contribution >= 0.6 is 11.3 Å². The summed E-state index contributed by atoms with van der Waals surface area (Å²) in [5.74, 6) is -0.612. The molecule has 0 bridgehead atoms. The molecule has 0 aliphatic carbocycles. The summed E-state index contributed by atoms with van der Waals surface area (Å²) in [5, 5.41) is 3.10. The summed E-state index contributed by atoms with van der Waals surface area (Å²) in [6, 6.07) is 16.7. The van der Waals surface area contributed by atoms with E-state index in [0.717, 1.165) is 11.1 Å². The number of carbonyl (C=O) groups excluding carboxylic acids is 2. The van der Waals surface area contributed by atoms with Crippen LogP contribution in [0.2, 0.25) is 0 Å². The molecule has 0 aliphatic rings. The molecule has 0 N–H and O–H groups in total. The summed E-state index contributed by atoms with van der Waals surface area (Å²) in [6.45, 7) is 4.10. The van der Waals surface area contributed by atoms with E-state index in [9.17, 15) is 9.59 Å². The number of carbonyl (C=O) groups is 2. The van der Waals surface area contributed by atoms with Crippen molar-refractivity contribution in [3.05, 3.63) is 77.0 Å². The first-order valence-electron chi connectivity index (χ1n) is 10.1. The second kappa shape index (κ2) is 9.76. The third-order valence-electron chi connectivity index (χ3n) is 4.75. The number of rotatable bonds is 8. The Kier molecular flexibility index (Phi) is 6.63. The van der Waals surface area contributed by atoms with Crippen molar-refractivity contribution in [2.45, 2.75) is 27.1 Å². The van der Waals surface area contributed by atoms with E-state index in [2.05, 4.69) is 4.98 Å². The largest absolute Gasteiger partial charge is 0.453 e. The predicted octanol–water partition coefficient (Wildman–Crippen LogP) is 5.47. The van der Waals surface area contributed by atoms with E-state index in [-0.39, 0.29) is 24.9 Å². The number of amides is 1. The van der Waals surface area contributed by atoms with E-state index in [1.165, 1.54) is 23.2 Å². The highest BCUT2D eigenvalue weighted by molar-refractivity contribution is 7.14. The fourth-order valence-corrected chi connectivity index (χ4v) is 4.16. The van der Waals surface area contributed by atoms with Crippen LogP contribution < -0.4 is 4.90 Å². The SMILES string of the molecule is CCOCc1c(C(=O)OCc2csc(N(C(C)=O)c3ccccc3)n2)oc2ccccc12. The average molecular weight is 451 g/mol. The van der Waals surface area contributed by atoms with Gasteiger partial charge >= 0.3 is 5.97 Å². The molecule has 0 fully saturated rings. The minimum Gasteiger partial charge on any atom is -0.453 e. The van der Waals surface area contributed by atoms with Gasteiger partial charge in [0.05, 0.1) is 18.0 Å². The third-order valence-corrected chi connectivity index (χ3v) is 5.62. The molecule has 4 aromatic rings. The Bertz CT molecular complexity index is 1230. The maximum Gasteiger partial charge on any atom is 0.375 e. The minimum atomic E-state index is -0.586. The maximum absolute atomic E-state index is 12.8. The predicted molar refractivity (Wildman–Crippen MR) is 122 cm³/mol. The average Bonchev–Trinajstić information content (AvgIpc) is 3.41. The van der Waals surface area contributed by atoms with Crippen LogP contribution in [0.5, 0.6) is 0 Å². The number of furan rings is 1. The van der Waals surface area contributed by atoms with Crippen LogP contribution in [0.15, 0.2) is 64.4 Å². The number of aromatic nitrogens is 1. The molecule has 1 amide bonds. The van der Waals surface area contributed by atoms with Crippen molar-refractivity contribution in [1.29, 1.82) is 0 Å². The molecule has 0 saturated heterocycles. The van der Waals surface area contributed by atoms with E-state index in [0.29, 0.717) is 28.6 Å². The highest BCUT2D eigenvalue weighted by Gasteiger charge is 2.23. The zero-order valence-electron chi connectivity index (χ0n) is 17.7. The van der Waals surface area contributed by atoms with Gasteiger partial charge in [0.25, 0.3) is 0 Å². The zero-order valence-corrected chi connectivity index (χ0v) is 18.6. The molecule has 32 heavy (non-hydrogen) atoms. The standard InChI is InChI=1S/C24H22N2O5S/c1-3-29-14-20-19-11-7-8-12-21(19)31-22(20)23(28)30-13-17-15-32-24(25-17)26(16(2)27)18-9-5-4-6-10-18/h4-12,15H,3,13-14H2,1-2H3. The Labute approximate surface area is 189 Å². The van der Waals surface area contributed by atoms with E-state index in [4.69, 9.17) is 13.9 Å². The van der Waals surface area contributed by atoms with Gasteiger partial charge in [-0.05, 0) is 25.1 Å². The number of fused-ring (bicyclic) bond motifs is 1. The number of ether oxygens (including phenoxy) is 2. The summed E-state index contributed by atoms with van der Waals surface area (Å²) in [6.07, 6.45) is 0. The lowest BCUT2D eigenvalue weighted by Crippen LogP contribution is -2.22. The van der Waals surface area contributed by atoms with Crippen molar-refractivity contribution in [2.24, 2.45) is 0 Å². The normalized spacial score (nSPS) is 10.9. The Morgan fingerprint density at radius 1 is 1.06 bits per heavy atom. The second-order valence-electron chi connectivity index (χ2n) is 6.93. The number of thiazole rings is 1. The molecule has 4 rings (SSSR count). The van der Waals surface area contributed by atoms with E-state index < -0.39 is 5.97 Å². The van der Waals surface area contributed by atoms with Crippen molar-refractivity contribution in [3.63, 3.8) is 0 Å². The summed E-state index contributed by atoms with van der Waals surface area (Å²) in [4.78, 5) is 31.0. The molecule has 8 heteroatoms. The quantitative estimate of drug-likeness (QED) is 0.331. The first kappa shape index (κ1) is 21.7. The maximum atomic E-state index is 12.8. The van der Waals surface area contributed by atoms with Crippen LogP contribution in [0.3, 0.4) is 0 Å². The van der Waals surface area contributed by atoms with Gasteiger partial charge in [-0.25, -0.2) is 9.78 Å². The van der Waals surface area contributed by atoms with E-state index in [1.807, 2.05) is 55.5 Å². The van der Waals surface area contributed by atoms with Gasteiger partial charge in [-0.1, -0.05) is 36.4 Å². The van der Waals surface area contributed by atoms with Crippen LogP contribution in [-0.2, 0) is 27.5 Å². The van der Waals surface area contributed by atoms with Crippen molar-refractivity contribution in [3.8, 4) is 0 Å². The lowest BCUT2D eigenvalue weighted by Gasteiger charge is -2.17. The molecule has 0 radical (unpaired) electrons. The summed E-state index contributed by atoms with van der Waals surface area (Å²) < 4.78 is 16.7. The van der Waals surface area contributed by atoms with Crippen LogP contribution in [0, 0.1) is 0 Å². The van der Waals surface area contributed by atoms with Crippen LogP contribution in [0.25, 0.3) is 11.0 Å². The molecule has 164 valence electrons. The number of nitrogens with zero attached hydrogens (tertiary/aromatic N) is 2. The zero-order chi connectivity index (χ0) is 22.5. The molecule has 0 spiro atoms. The van der Waals surface area contributed by atoms with Gasteiger partial charge in [0.15, 0.2) is 5.13 Å². The number of hydrogen-bond acceptors (Lipinski definition) is 7. The number of para-hydroxylation sites is 2. The van der Waals surface area contributed by atoms with Crippen LogP contribution in [0.4, 0.5) is 10.8 Å². The second-order valence-corrected chi connectivity index (χ2v) is 7.77. The molecule has 0 saturated carbocycles. The summed E-state index contributed by atoms with van der Waals surface area (Å²) in [7, 11) is 0. The number of hydrogen-bond donors (Lipinski definition) is 0. The van der Waals surface area contributed by atoms with Crippen molar-refractivity contribution >= 4 is 45.0 Å². The fourth-order valence-electron chi connectivity index (χ4n) is 3.29. The van der Waals surface area contributed by atoms with Gasteiger partial charge in [0, 0.05) is 29.9 Å². The van der Waals surface area contributed by atoms with E-state index >= 15 is 0 Å². The van der Waals surface area contributed by atoms with Gasteiger partial charge in [-0.15, -0.1) is 11.3 Å². The lowest BCUT2D eigenvalue weighted by molar-refractivity contribution is -0.115. The monoisotopic (exact) mass is 450 g/mol. The van der Waals surface area contributed by atoms with Crippen LogP contribution in [-0.4, -0.2) is 23.5 Å². The first-order valence-corrected chi connectivity index (χ1v) is 11.0. The van der Waals surface area contributed by atoms with Gasteiger partial charge in [-0.3, -0.25) is 9.69 Å². The highest BCUT2D eigenvalue weighted by atomic mass is 32.1. The summed E-state index contributed by atoms with van der Waals surface area (Å²) >= 11 is 1.31. The smallest absolute Gasteiger partial charge is 0.375 e. The molecule has 0 atom stereocenters. The van der Waals surface area contributed by atoms with Crippen molar-refractivity contribution in [2.75, 3.05) is 11.5 Å². The minimum absolute atomic E-state index is 0.0407. The molecular weight excluding hydrogens is 428 g/mol. The van der Waals surface area contributed by atoms with Crippen LogP contribution in [0.1, 0.15) is 35.7 Å². The Hall–Kier alpha value is -3.49.